The molecule has 0 bridgehead atoms. The lowest BCUT2D eigenvalue weighted by Gasteiger charge is -2.26. The van der Waals surface area contributed by atoms with Gasteiger partial charge in [0.15, 0.2) is 5.96 Å². The molecule has 4 amide bonds. The summed E-state index contributed by atoms with van der Waals surface area (Å²) >= 11 is 0. The standard InChI is InChI=1S/C32H49N9O5/c1-19-15-22(42)16-20(2)23(19)18-27(41-29(44)24(34)11-8-14-38-32(36)37)31(46)39-25(12-6-7-13-33)30(45)40-26(28(35)43)17-21-9-4-3-5-10-21/h3-5,9-10,15-16,24-27,42H,6-8,11-14,17-18,33-34H2,1-2H3,(H2,35,43)(H,39,46)(H,40,45)(H,41,44)(H4,36,37,38)/t24-,25+,26+,27-/m0/s1. The van der Waals surface area contributed by atoms with E-state index in [4.69, 9.17) is 28.7 Å². The summed E-state index contributed by atoms with van der Waals surface area (Å²) in [5.41, 5.74) is 31.1. The molecule has 0 aromatic heterocycles. The number of aliphatic imine (C=N–C) groups is 1. The highest BCUT2D eigenvalue weighted by Crippen LogP contribution is 2.22. The Balaban J connectivity index is 2.30. The lowest BCUT2D eigenvalue weighted by Crippen LogP contribution is -2.58. The minimum absolute atomic E-state index is 0.0608. The van der Waals surface area contributed by atoms with Crippen LogP contribution in [-0.4, -0.2) is 72.0 Å². The average molecular weight is 640 g/mol. The summed E-state index contributed by atoms with van der Waals surface area (Å²) in [7, 11) is 0. The van der Waals surface area contributed by atoms with Gasteiger partial charge in [-0.05, 0) is 86.9 Å². The molecule has 0 saturated carbocycles. The zero-order chi connectivity index (χ0) is 34.2. The molecule has 0 aliphatic heterocycles. The SMILES string of the molecule is Cc1cc(O)cc(C)c1C[C@H](NC(=O)[C@@H](N)CCCN=C(N)N)C(=O)N[C@H](CCCCN)C(=O)N[C@H](Cc1ccccc1)C(N)=O. The van der Waals surface area contributed by atoms with Gasteiger partial charge in [0.05, 0.1) is 6.04 Å². The number of aryl methyl sites for hydroxylation is 2. The number of primary amides is 1. The number of rotatable bonds is 19. The van der Waals surface area contributed by atoms with Gasteiger partial charge in [-0.15, -0.1) is 0 Å². The fourth-order valence-corrected chi connectivity index (χ4v) is 5.01. The van der Waals surface area contributed by atoms with Gasteiger partial charge in [0.1, 0.15) is 23.9 Å². The van der Waals surface area contributed by atoms with Gasteiger partial charge in [0, 0.05) is 19.4 Å². The lowest BCUT2D eigenvalue weighted by atomic mass is 9.95. The van der Waals surface area contributed by atoms with Crippen molar-refractivity contribution in [2.75, 3.05) is 13.1 Å². The summed E-state index contributed by atoms with van der Waals surface area (Å²) in [5, 5.41) is 18.2. The molecule has 14 N–H and O–H groups in total. The van der Waals surface area contributed by atoms with E-state index in [1.165, 1.54) is 0 Å². The maximum Gasteiger partial charge on any atom is 0.243 e. The number of benzene rings is 2. The van der Waals surface area contributed by atoms with Gasteiger partial charge in [-0.25, -0.2) is 0 Å². The van der Waals surface area contributed by atoms with Crippen LogP contribution in [0.1, 0.15) is 54.4 Å². The minimum atomic E-state index is -1.13. The molecule has 0 aliphatic carbocycles. The first-order valence-electron chi connectivity index (χ1n) is 15.4. The third-order valence-electron chi connectivity index (χ3n) is 7.55. The zero-order valence-electron chi connectivity index (χ0n) is 26.6. The first-order valence-corrected chi connectivity index (χ1v) is 15.4. The number of aromatic hydroxyl groups is 1. The van der Waals surface area contributed by atoms with E-state index in [0.717, 1.165) is 11.1 Å². The van der Waals surface area contributed by atoms with Gasteiger partial charge in [-0.1, -0.05) is 30.3 Å². The van der Waals surface area contributed by atoms with Crippen molar-refractivity contribution in [3.8, 4) is 5.75 Å². The smallest absolute Gasteiger partial charge is 0.243 e. The monoisotopic (exact) mass is 639 g/mol. The van der Waals surface area contributed by atoms with E-state index in [0.29, 0.717) is 36.9 Å². The second-order valence-corrected chi connectivity index (χ2v) is 11.4. The fraction of sp³-hybridized carbons (Fsp3) is 0.469. The van der Waals surface area contributed by atoms with E-state index in [1.54, 1.807) is 26.0 Å². The van der Waals surface area contributed by atoms with Crippen molar-refractivity contribution in [2.45, 2.75) is 83.0 Å². The van der Waals surface area contributed by atoms with Crippen molar-refractivity contribution in [1.82, 2.24) is 16.0 Å². The topological polar surface area (TPSA) is 267 Å². The summed E-state index contributed by atoms with van der Waals surface area (Å²) in [4.78, 5) is 56.6. The van der Waals surface area contributed by atoms with E-state index in [2.05, 4.69) is 20.9 Å². The van der Waals surface area contributed by atoms with Crippen LogP contribution in [0.15, 0.2) is 47.5 Å². The van der Waals surface area contributed by atoms with Crippen molar-refractivity contribution in [3.05, 3.63) is 64.7 Å². The Bertz CT molecular complexity index is 1330. The molecule has 0 spiro atoms. The van der Waals surface area contributed by atoms with Gasteiger partial charge in [-0.2, -0.15) is 0 Å². The number of phenolic OH excluding ortho intramolecular Hbond substituents is 1. The third-order valence-corrected chi connectivity index (χ3v) is 7.55. The zero-order valence-corrected chi connectivity index (χ0v) is 26.6. The number of carbonyl (C=O) groups excluding carboxylic acids is 4. The predicted molar refractivity (Wildman–Crippen MR) is 177 cm³/mol. The molecule has 252 valence electrons. The molecule has 2 aromatic carbocycles. The van der Waals surface area contributed by atoms with Gasteiger partial charge >= 0.3 is 0 Å². The van der Waals surface area contributed by atoms with Gasteiger partial charge in [0.25, 0.3) is 0 Å². The number of unbranched alkanes of at least 4 members (excludes halogenated alkanes) is 1. The highest BCUT2D eigenvalue weighted by atomic mass is 16.3. The van der Waals surface area contributed by atoms with Crippen LogP contribution in [0.3, 0.4) is 0 Å². The number of nitrogens with one attached hydrogen (secondary N) is 3. The Kier molecular flexibility index (Phi) is 15.5. The van der Waals surface area contributed by atoms with Crippen LogP contribution in [0.5, 0.6) is 5.75 Å². The number of hydrogen-bond acceptors (Lipinski definition) is 8. The Morgan fingerprint density at radius 2 is 1.37 bits per heavy atom. The van der Waals surface area contributed by atoms with Crippen LogP contribution >= 0.6 is 0 Å². The summed E-state index contributed by atoms with van der Waals surface area (Å²) in [6.07, 6.45) is 2.27. The second kappa shape index (κ2) is 19.0. The molecular formula is C32H49N9O5. The van der Waals surface area contributed by atoms with Crippen LogP contribution < -0.4 is 44.6 Å². The van der Waals surface area contributed by atoms with Crippen LogP contribution in [0.25, 0.3) is 0 Å². The molecular weight excluding hydrogens is 590 g/mol. The Hall–Kier alpha value is -4.69. The molecule has 0 heterocycles. The van der Waals surface area contributed by atoms with Crippen LogP contribution in [0.4, 0.5) is 0 Å². The Morgan fingerprint density at radius 1 is 0.783 bits per heavy atom. The van der Waals surface area contributed by atoms with E-state index in [-0.39, 0.29) is 43.9 Å². The summed E-state index contributed by atoms with van der Waals surface area (Å²) in [6.45, 7) is 4.25. The number of nitrogens with two attached hydrogens (primary N) is 5. The normalized spacial score (nSPS) is 13.5. The number of guanidine groups is 1. The summed E-state index contributed by atoms with van der Waals surface area (Å²) < 4.78 is 0. The molecule has 14 heteroatoms. The minimum Gasteiger partial charge on any atom is -0.508 e. The Morgan fingerprint density at radius 3 is 1.96 bits per heavy atom. The fourth-order valence-electron chi connectivity index (χ4n) is 5.01. The highest BCUT2D eigenvalue weighted by Gasteiger charge is 2.30. The van der Waals surface area contributed by atoms with Crippen molar-refractivity contribution < 1.29 is 24.3 Å². The number of carbonyl (C=O) groups is 4. The van der Waals surface area contributed by atoms with Gasteiger partial charge in [0.2, 0.25) is 23.6 Å². The van der Waals surface area contributed by atoms with Crippen molar-refractivity contribution >= 4 is 29.6 Å². The lowest BCUT2D eigenvalue weighted by molar-refractivity contribution is -0.133. The molecule has 2 aromatic rings. The number of amides is 4. The van der Waals surface area contributed by atoms with Crippen LogP contribution in [-0.2, 0) is 32.0 Å². The molecule has 2 rings (SSSR count). The van der Waals surface area contributed by atoms with Crippen molar-refractivity contribution in [2.24, 2.45) is 33.7 Å². The highest BCUT2D eigenvalue weighted by molar-refractivity contribution is 5.94. The molecule has 14 nitrogen and oxygen atoms in total. The average Bonchev–Trinajstić information content (AvgIpc) is 2.99. The maximum atomic E-state index is 13.8. The molecule has 0 radical (unpaired) electrons. The number of hydrogen-bond donors (Lipinski definition) is 9. The second-order valence-electron chi connectivity index (χ2n) is 11.4. The molecule has 0 aliphatic rings. The summed E-state index contributed by atoms with van der Waals surface area (Å²) in [5.74, 6) is -2.51. The number of phenols is 1. The van der Waals surface area contributed by atoms with E-state index in [9.17, 15) is 24.3 Å². The quantitative estimate of drug-likeness (QED) is 0.0530. The number of nitrogens with zero attached hydrogens (tertiary/aromatic N) is 1. The van der Waals surface area contributed by atoms with E-state index in [1.807, 2.05) is 30.3 Å². The van der Waals surface area contributed by atoms with E-state index >= 15 is 0 Å². The van der Waals surface area contributed by atoms with Gasteiger partial charge in [-0.3, -0.25) is 24.2 Å². The molecule has 4 atom stereocenters. The van der Waals surface area contributed by atoms with E-state index < -0.39 is 47.8 Å². The molecule has 46 heavy (non-hydrogen) atoms. The third kappa shape index (κ3) is 12.7. The first kappa shape index (κ1) is 37.5. The van der Waals surface area contributed by atoms with Crippen LogP contribution in [0.2, 0.25) is 0 Å². The van der Waals surface area contributed by atoms with Crippen molar-refractivity contribution in [3.63, 3.8) is 0 Å². The largest absolute Gasteiger partial charge is 0.508 e. The summed E-state index contributed by atoms with van der Waals surface area (Å²) in [6, 6.07) is 8.07. The predicted octanol–water partition coefficient (Wildman–Crippen LogP) is -0.756. The maximum absolute atomic E-state index is 13.8. The van der Waals surface area contributed by atoms with Gasteiger partial charge < -0.3 is 49.7 Å². The molecule has 0 fully saturated rings. The van der Waals surface area contributed by atoms with Crippen LogP contribution in [0, 0.1) is 13.8 Å². The van der Waals surface area contributed by atoms with Crippen molar-refractivity contribution in [1.29, 1.82) is 0 Å². The Labute approximate surface area is 269 Å². The molecule has 0 unspecified atom stereocenters. The molecule has 0 saturated heterocycles. The first-order chi connectivity index (χ1) is 21.8.